The van der Waals surface area contributed by atoms with E-state index in [4.69, 9.17) is 5.11 Å². The zero-order valence-corrected chi connectivity index (χ0v) is 11.4. The second-order valence-corrected chi connectivity index (χ2v) is 5.81. The first-order valence-electron chi connectivity index (χ1n) is 6.27. The number of nitrogens with one attached hydrogen (secondary N) is 1. The molecule has 1 aliphatic carbocycles. The number of hydrogen-bond acceptors (Lipinski definition) is 4. The molecule has 0 spiro atoms. The van der Waals surface area contributed by atoms with Gasteiger partial charge in [0.2, 0.25) is 0 Å². The molecule has 1 aromatic rings. The summed E-state index contributed by atoms with van der Waals surface area (Å²) in [6, 6.07) is 0.263. The summed E-state index contributed by atoms with van der Waals surface area (Å²) in [6.07, 6.45) is 4.73. The van der Waals surface area contributed by atoms with E-state index >= 15 is 0 Å². The monoisotopic (exact) mass is 269 g/mol. The fourth-order valence-electron chi connectivity index (χ4n) is 1.84. The van der Waals surface area contributed by atoms with E-state index in [1.165, 1.54) is 4.88 Å². The van der Waals surface area contributed by atoms with Crippen molar-refractivity contribution in [3.05, 3.63) is 16.1 Å². The third-order valence-corrected chi connectivity index (χ3v) is 3.85. The predicted molar refractivity (Wildman–Crippen MR) is 70.8 cm³/mol. The lowest BCUT2D eigenvalue weighted by molar-refractivity contribution is 0.174. The summed E-state index contributed by atoms with van der Waals surface area (Å²) in [6.45, 7) is 3.07. The van der Waals surface area contributed by atoms with Crippen LogP contribution in [-0.2, 0) is 6.42 Å². The van der Waals surface area contributed by atoms with Crippen LogP contribution in [0.2, 0.25) is 0 Å². The zero-order chi connectivity index (χ0) is 13.0. The summed E-state index contributed by atoms with van der Waals surface area (Å²) >= 11 is 1.66. The van der Waals surface area contributed by atoms with Crippen LogP contribution in [0.4, 0.5) is 4.79 Å². The molecular weight excluding hydrogens is 250 g/mol. The number of aromatic nitrogens is 1. The van der Waals surface area contributed by atoms with Crippen molar-refractivity contribution in [2.24, 2.45) is 0 Å². The number of hydrogen-bond donors (Lipinski definition) is 2. The van der Waals surface area contributed by atoms with Gasteiger partial charge in [-0.15, -0.1) is 11.3 Å². The SMILES string of the molecule is Cc1cnc(CCNC(=O)N(CCO)C2CC2)s1. The highest BCUT2D eigenvalue weighted by atomic mass is 32.1. The summed E-state index contributed by atoms with van der Waals surface area (Å²) in [5, 5.41) is 12.9. The maximum Gasteiger partial charge on any atom is 0.317 e. The van der Waals surface area contributed by atoms with Crippen molar-refractivity contribution in [3.63, 3.8) is 0 Å². The summed E-state index contributed by atoms with van der Waals surface area (Å²) in [5.74, 6) is 0. The summed E-state index contributed by atoms with van der Waals surface area (Å²) < 4.78 is 0. The minimum atomic E-state index is -0.0696. The van der Waals surface area contributed by atoms with Gasteiger partial charge in [0.1, 0.15) is 0 Å². The van der Waals surface area contributed by atoms with Gasteiger partial charge in [-0.2, -0.15) is 0 Å². The van der Waals surface area contributed by atoms with Crippen molar-refractivity contribution in [1.82, 2.24) is 15.2 Å². The molecule has 0 saturated heterocycles. The van der Waals surface area contributed by atoms with Gasteiger partial charge < -0.3 is 15.3 Å². The first kappa shape index (κ1) is 13.3. The van der Waals surface area contributed by atoms with Crippen molar-refractivity contribution >= 4 is 17.4 Å². The molecule has 1 aromatic heterocycles. The predicted octanol–water partition coefficient (Wildman–Crippen LogP) is 1.16. The molecule has 0 atom stereocenters. The molecule has 1 saturated carbocycles. The Morgan fingerprint density at radius 3 is 3.00 bits per heavy atom. The number of rotatable bonds is 6. The molecule has 1 fully saturated rings. The standard InChI is InChI=1S/C12H19N3O2S/c1-9-8-14-11(18-9)4-5-13-12(17)15(6-7-16)10-2-3-10/h8,10,16H,2-7H2,1H3,(H,13,17). The number of thiazole rings is 1. The number of carbonyl (C=O) groups excluding carboxylic acids is 1. The fourth-order valence-corrected chi connectivity index (χ4v) is 2.63. The molecule has 5 nitrogen and oxygen atoms in total. The summed E-state index contributed by atoms with van der Waals surface area (Å²) in [7, 11) is 0. The Morgan fingerprint density at radius 1 is 1.67 bits per heavy atom. The molecule has 0 unspecified atom stereocenters. The van der Waals surface area contributed by atoms with Crippen LogP contribution in [0, 0.1) is 6.92 Å². The Hall–Kier alpha value is -1.14. The Morgan fingerprint density at radius 2 is 2.44 bits per heavy atom. The first-order valence-corrected chi connectivity index (χ1v) is 7.09. The Labute approximate surface area is 111 Å². The number of aryl methyl sites for hydroxylation is 1. The molecule has 100 valence electrons. The van der Waals surface area contributed by atoms with Gasteiger partial charge in [-0.3, -0.25) is 0 Å². The van der Waals surface area contributed by atoms with Gasteiger partial charge in [0.15, 0.2) is 0 Å². The largest absolute Gasteiger partial charge is 0.395 e. The van der Waals surface area contributed by atoms with E-state index in [0.717, 1.165) is 24.3 Å². The molecule has 0 bridgehead atoms. The van der Waals surface area contributed by atoms with Gasteiger partial charge in [0, 0.05) is 36.6 Å². The van der Waals surface area contributed by atoms with Crippen molar-refractivity contribution < 1.29 is 9.90 Å². The van der Waals surface area contributed by atoms with Crippen LogP contribution < -0.4 is 5.32 Å². The van der Waals surface area contributed by atoms with Gasteiger partial charge in [-0.1, -0.05) is 0 Å². The number of urea groups is 1. The Balaban J connectivity index is 1.73. The Bertz CT molecular complexity index is 404. The normalized spacial score (nSPS) is 14.6. The molecule has 1 heterocycles. The van der Waals surface area contributed by atoms with Crippen LogP contribution >= 0.6 is 11.3 Å². The van der Waals surface area contributed by atoms with E-state index in [1.807, 2.05) is 13.1 Å². The number of aliphatic hydroxyl groups is 1. The highest BCUT2D eigenvalue weighted by molar-refractivity contribution is 7.11. The summed E-state index contributed by atoms with van der Waals surface area (Å²) in [4.78, 5) is 19.1. The molecular formula is C12H19N3O2S. The van der Waals surface area contributed by atoms with E-state index in [0.29, 0.717) is 19.1 Å². The van der Waals surface area contributed by atoms with Gasteiger partial charge in [0.25, 0.3) is 0 Å². The molecule has 0 aromatic carbocycles. The minimum absolute atomic E-state index is 0.0234. The van der Waals surface area contributed by atoms with E-state index in [-0.39, 0.29) is 12.6 Å². The van der Waals surface area contributed by atoms with E-state index in [9.17, 15) is 4.79 Å². The van der Waals surface area contributed by atoms with Crippen molar-refractivity contribution in [2.75, 3.05) is 19.7 Å². The highest BCUT2D eigenvalue weighted by Gasteiger charge is 2.31. The average Bonchev–Trinajstić information content (AvgIpc) is 3.10. The molecule has 18 heavy (non-hydrogen) atoms. The van der Waals surface area contributed by atoms with E-state index in [1.54, 1.807) is 16.2 Å². The van der Waals surface area contributed by atoms with E-state index < -0.39 is 0 Å². The lowest BCUT2D eigenvalue weighted by atomic mass is 10.4. The topological polar surface area (TPSA) is 65.5 Å². The quantitative estimate of drug-likeness (QED) is 0.814. The third-order valence-electron chi connectivity index (χ3n) is 2.87. The maximum absolute atomic E-state index is 11.9. The molecule has 0 radical (unpaired) electrons. The lowest BCUT2D eigenvalue weighted by Crippen LogP contribution is -2.43. The van der Waals surface area contributed by atoms with Gasteiger partial charge in [-0.05, 0) is 19.8 Å². The second-order valence-electron chi connectivity index (χ2n) is 4.49. The molecule has 2 N–H and O–H groups in total. The Kier molecular flexibility index (Phi) is 4.54. The number of aliphatic hydroxyl groups excluding tert-OH is 1. The number of nitrogens with zero attached hydrogens (tertiary/aromatic N) is 2. The van der Waals surface area contributed by atoms with Crippen LogP contribution in [0.5, 0.6) is 0 Å². The smallest absolute Gasteiger partial charge is 0.317 e. The van der Waals surface area contributed by atoms with Gasteiger partial charge >= 0.3 is 6.03 Å². The zero-order valence-electron chi connectivity index (χ0n) is 10.6. The van der Waals surface area contributed by atoms with Crippen LogP contribution in [0.3, 0.4) is 0 Å². The molecule has 6 heteroatoms. The van der Waals surface area contributed by atoms with Crippen LogP contribution in [-0.4, -0.2) is 46.8 Å². The van der Waals surface area contributed by atoms with Crippen LogP contribution in [0.1, 0.15) is 22.7 Å². The van der Waals surface area contributed by atoms with Crippen LogP contribution in [0.15, 0.2) is 6.20 Å². The second kappa shape index (κ2) is 6.15. The molecule has 2 amide bonds. The third kappa shape index (κ3) is 3.68. The van der Waals surface area contributed by atoms with Crippen molar-refractivity contribution in [1.29, 1.82) is 0 Å². The fraction of sp³-hybridized carbons (Fsp3) is 0.667. The first-order chi connectivity index (χ1) is 8.70. The molecule has 2 rings (SSSR count). The highest BCUT2D eigenvalue weighted by Crippen LogP contribution is 2.26. The minimum Gasteiger partial charge on any atom is -0.395 e. The average molecular weight is 269 g/mol. The number of amides is 2. The lowest BCUT2D eigenvalue weighted by Gasteiger charge is -2.21. The van der Waals surface area contributed by atoms with E-state index in [2.05, 4.69) is 10.3 Å². The molecule has 0 aliphatic heterocycles. The summed E-state index contributed by atoms with van der Waals surface area (Å²) in [5.41, 5.74) is 0. The van der Waals surface area contributed by atoms with Gasteiger partial charge in [-0.25, -0.2) is 9.78 Å². The van der Waals surface area contributed by atoms with Crippen molar-refractivity contribution in [2.45, 2.75) is 32.2 Å². The van der Waals surface area contributed by atoms with Gasteiger partial charge in [0.05, 0.1) is 11.6 Å². The molecule has 1 aliphatic rings. The maximum atomic E-state index is 11.9. The van der Waals surface area contributed by atoms with Crippen LogP contribution in [0.25, 0.3) is 0 Å². The van der Waals surface area contributed by atoms with Crippen molar-refractivity contribution in [3.8, 4) is 0 Å². The number of carbonyl (C=O) groups is 1.